The van der Waals surface area contributed by atoms with E-state index in [4.69, 9.17) is 17.2 Å². The lowest BCUT2D eigenvalue weighted by atomic mass is 10.0. The van der Waals surface area contributed by atoms with Crippen LogP contribution in [0.5, 0.6) is 0 Å². The second-order valence-corrected chi connectivity index (χ2v) is 7.75. The van der Waals surface area contributed by atoms with Crippen LogP contribution >= 0.6 is 12.2 Å². The molecule has 5 rings (SSSR count). The highest BCUT2D eigenvalue weighted by molar-refractivity contribution is 7.71. The van der Waals surface area contributed by atoms with E-state index in [-0.39, 0.29) is 5.91 Å². The van der Waals surface area contributed by atoms with Crippen molar-refractivity contribution in [2.75, 3.05) is 6.54 Å². The first-order valence-electron chi connectivity index (χ1n) is 9.95. The maximum absolute atomic E-state index is 13.1. The molecule has 0 bridgehead atoms. The Morgan fingerprint density at radius 3 is 2.80 bits per heavy atom. The van der Waals surface area contributed by atoms with Crippen LogP contribution in [0.3, 0.4) is 0 Å². The minimum Gasteiger partial charge on any atom is -0.352 e. The molecular formula is C22H20N6OS. The molecule has 1 aromatic carbocycles. The van der Waals surface area contributed by atoms with Crippen LogP contribution in [0.4, 0.5) is 0 Å². The van der Waals surface area contributed by atoms with Crippen LogP contribution in [-0.2, 0) is 6.42 Å². The van der Waals surface area contributed by atoms with E-state index in [0.29, 0.717) is 29.3 Å². The summed E-state index contributed by atoms with van der Waals surface area (Å²) in [6.07, 6.45) is 6.33. The summed E-state index contributed by atoms with van der Waals surface area (Å²) < 4.78 is 2.73. The fourth-order valence-corrected chi connectivity index (χ4v) is 3.94. The highest BCUT2D eigenvalue weighted by Gasteiger charge is 2.27. The molecule has 1 fully saturated rings. The molecule has 0 saturated heterocycles. The van der Waals surface area contributed by atoms with Gasteiger partial charge in [-0.3, -0.25) is 14.9 Å². The van der Waals surface area contributed by atoms with Crippen LogP contribution in [0.25, 0.3) is 22.2 Å². The van der Waals surface area contributed by atoms with Crippen molar-refractivity contribution < 1.29 is 4.79 Å². The Bertz CT molecular complexity index is 1280. The molecule has 1 amide bonds. The lowest BCUT2D eigenvalue weighted by molar-refractivity contribution is 0.0955. The van der Waals surface area contributed by atoms with Gasteiger partial charge in [0.1, 0.15) is 5.82 Å². The maximum atomic E-state index is 13.1. The number of aromatic nitrogens is 5. The number of benzene rings is 1. The van der Waals surface area contributed by atoms with Gasteiger partial charge in [0.15, 0.2) is 4.77 Å². The number of aromatic amines is 1. The number of pyridine rings is 2. The summed E-state index contributed by atoms with van der Waals surface area (Å²) in [7, 11) is 0. The number of hydrogen-bond donors (Lipinski definition) is 2. The van der Waals surface area contributed by atoms with Crippen molar-refractivity contribution in [3.8, 4) is 11.3 Å². The summed E-state index contributed by atoms with van der Waals surface area (Å²) in [5.41, 5.74) is 3.06. The quantitative estimate of drug-likeness (QED) is 0.466. The smallest absolute Gasteiger partial charge is 0.252 e. The first-order chi connectivity index (χ1) is 14.7. The predicted molar refractivity (Wildman–Crippen MR) is 117 cm³/mol. The van der Waals surface area contributed by atoms with Crippen molar-refractivity contribution in [3.05, 3.63) is 71.0 Å². The van der Waals surface area contributed by atoms with E-state index >= 15 is 0 Å². The molecule has 0 radical (unpaired) electrons. The lowest BCUT2D eigenvalue weighted by Gasteiger charge is -2.11. The minimum absolute atomic E-state index is 0.129. The molecule has 150 valence electrons. The first kappa shape index (κ1) is 18.6. The standard InChI is InChI=1S/C22H20N6OS/c29-21(24-12-9-20-26-27-22(30)28(20)15-5-6-15)17-13-19(14-7-10-23-11-8-14)25-18-4-2-1-3-16(17)18/h1-4,7-8,10-11,13,15H,5-6,9,12H2,(H,24,29)(H,27,30). The zero-order chi connectivity index (χ0) is 20.5. The van der Waals surface area contributed by atoms with E-state index in [1.54, 1.807) is 12.4 Å². The van der Waals surface area contributed by atoms with Crippen molar-refractivity contribution >= 4 is 29.0 Å². The minimum atomic E-state index is -0.129. The van der Waals surface area contributed by atoms with E-state index < -0.39 is 0 Å². The van der Waals surface area contributed by atoms with Gasteiger partial charge in [0.25, 0.3) is 5.91 Å². The molecule has 0 spiro atoms. The molecule has 1 aliphatic rings. The van der Waals surface area contributed by atoms with Crippen LogP contribution in [-0.4, -0.2) is 37.2 Å². The molecule has 0 unspecified atom stereocenters. The number of H-pyrrole nitrogens is 1. The van der Waals surface area contributed by atoms with Gasteiger partial charge in [0.05, 0.1) is 16.8 Å². The molecule has 3 aromatic heterocycles. The number of amides is 1. The Labute approximate surface area is 178 Å². The topological polar surface area (TPSA) is 88.5 Å². The van der Waals surface area contributed by atoms with Gasteiger partial charge in [-0.2, -0.15) is 5.10 Å². The predicted octanol–water partition coefficient (Wildman–Crippen LogP) is 3.86. The van der Waals surface area contributed by atoms with E-state index in [9.17, 15) is 4.79 Å². The fraction of sp³-hybridized carbons (Fsp3) is 0.227. The molecule has 30 heavy (non-hydrogen) atoms. The Kier molecular flexibility index (Phi) is 4.84. The first-order valence-corrected chi connectivity index (χ1v) is 10.4. The Morgan fingerprint density at radius 1 is 1.20 bits per heavy atom. The number of nitrogens with zero attached hydrogens (tertiary/aromatic N) is 4. The summed E-state index contributed by atoms with van der Waals surface area (Å²) in [5, 5.41) is 11.1. The number of para-hydroxylation sites is 1. The average molecular weight is 417 g/mol. The number of hydrogen-bond acceptors (Lipinski definition) is 5. The van der Waals surface area contributed by atoms with Gasteiger partial charge in [0, 0.05) is 42.4 Å². The molecule has 4 aromatic rings. The third-order valence-electron chi connectivity index (χ3n) is 5.26. The third kappa shape index (κ3) is 3.61. The van der Waals surface area contributed by atoms with Crippen LogP contribution in [0.1, 0.15) is 35.1 Å². The van der Waals surface area contributed by atoms with E-state index in [1.807, 2.05) is 42.5 Å². The maximum Gasteiger partial charge on any atom is 0.252 e. The van der Waals surface area contributed by atoms with Crippen LogP contribution in [0.15, 0.2) is 54.9 Å². The van der Waals surface area contributed by atoms with Gasteiger partial charge in [-0.15, -0.1) is 0 Å². The summed E-state index contributed by atoms with van der Waals surface area (Å²) >= 11 is 5.33. The number of carbonyl (C=O) groups excluding carboxylic acids is 1. The molecular weight excluding hydrogens is 396 g/mol. The monoisotopic (exact) mass is 416 g/mol. The fourth-order valence-electron chi connectivity index (χ4n) is 3.64. The molecule has 3 heterocycles. The number of nitrogens with one attached hydrogen (secondary N) is 2. The Hall–Kier alpha value is -3.39. The second kappa shape index (κ2) is 7.79. The van der Waals surface area contributed by atoms with Gasteiger partial charge >= 0.3 is 0 Å². The average Bonchev–Trinajstić information content (AvgIpc) is 3.55. The number of carbonyl (C=O) groups is 1. The van der Waals surface area contributed by atoms with Crippen LogP contribution in [0.2, 0.25) is 0 Å². The summed E-state index contributed by atoms with van der Waals surface area (Å²) in [4.78, 5) is 21.8. The van der Waals surface area contributed by atoms with Crippen molar-refractivity contribution in [1.29, 1.82) is 0 Å². The zero-order valence-electron chi connectivity index (χ0n) is 16.2. The molecule has 2 N–H and O–H groups in total. The highest BCUT2D eigenvalue weighted by Crippen LogP contribution is 2.35. The number of fused-ring (bicyclic) bond motifs is 1. The van der Waals surface area contributed by atoms with Gasteiger partial charge in [-0.05, 0) is 49.3 Å². The summed E-state index contributed by atoms with van der Waals surface area (Å²) in [5.74, 6) is 0.760. The Balaban J connectivity index is 1.40. The van der Waals surface area contributed by atoms with Crippen molar-refractivity contribution in [1.82, 2.24) is 30.0 Å². The lowest BCUT2D eigenvalue weighted by Crippen LogP contribution is -2.27. The largest absolute Gasteiger partial charge is 0.352 e. The zero-order valence-corrected chi connectivity index (χ0v) is 17.0. The molecule has 0 atom stereocenters. The van der Waals surface area contributed by atoms with Crippen LogP contribution in [0, 0.1) is 4.77 Å². The third-order valence-corrected chi connectivity index (χ3v) is 5.55. The van der Waals surface area contributed by atoms with E-state index in [2.05, 4.69) is 25.1 Å². The molecule has 8 heteroatoms. The SMILES string of the molecule is O=C(NCCc1n[nH]c(=S)n1C1CC1)c1cc(-c2ccncc2)nc2ccccc12. The molecule has 7 nitrogen and oxygen atoms in total. The summed E-state index contributed by atoms with van der Waals surface area (Å²) in [6.45, 7) is 0.479. The number of rotatable bonds is 6. The molecule has 1 aliphatic carbocycles. The van der Waals surface area contributed by atoms with E-state index in [0.717, 1.165) is 40.8 Å². The molecule has 1 saturated carbocycles. The normalized spacial score (nSPS) is 13.5. The second-order valence-electron chi connectivity index (χ2n) is 7.36. The summed E-state index contributed by atoms with van der Waals surface area (Å²) in [6, 6.07) is 13.8. The van der Waals surface area contributed by atoms with Crippen LogP contribution < -0.4 is 5.32 Å². The van der Waals surface area contributed by atoms with Gasteiger partial charge < -0.3 is 9.88 Å². The van der Waals surface area contributed by atoms with Crippen molar-refractivity contribution in [2.24, 2.45) is 0 Å². The van der Waals surface area contributed by atoms with Gasteiger partial charge in [-0.25, -0.2) is 4.98 Å². The van der Waals surface area contributed by atoms with E-state index in [1.165, 1.54) is 0 Å². The highest BCUT2D eigenvalue weighted by atomic mass is 32.1. The Morgan fingerprint density at radius 2 is 2.00 bits per heavy atom. The van der Waals surface area contributed by atoms with Crippen molar-refractivity contribution in [3.63, 3.8) is 0 Å². The van der Waals surface area contributed by atoms with Crippen molar-refractivity contribution in [2.45, 2.75) is 25.3 Å². The van der Waals surface area contributed by atoms with Gasteiger partial charge in [0.2, 0.25) is 0 Å². The van der Waals surface area contributed by atoms with Gasteiger partial charge in [-0.1, -0.05) is 18.2 Å². The molecule has 0 aliphatic heterocycles.